The first-order valence-electron chi connectivity index (χ1n) is 11.2. The molecule has 1 heterocycles. The number of nitrogens with one attached hydrogen (secondary N) is 2. The molecule has 1 aromatic heterocycles. The van der Waals surface area contributed by atoms with Gasteiger partial charge in [0, 0.05) is 16.6 Å². The minimum absolute atomic E-state index is 0.157. The van der Waals surface area contributed by atoms with Crippen LogP contribution in [0.3, 0.4) is 0 Å². The van der Waals surface area contributed by atoms with E-state index in [0.717, 1.165) is 12.1 Å². The molecule has 0 aliphatic heterocycles. The van der Waals surface area contributed by atoms with Crippen molar-refractivity contribution in [3.63, 3.8) is 0 Å². The molecule has 6 nitrogen and oxygen atoms in total. The standard InChI is InChI=1S/C25H21F5N4O2S/c1-13-11-37-23(32-13)16-4-2-3-15(10-16)21(25(28,29)30)33-19(22(36)34-24(12-31)5-6-24)9-14-7-17(26)20(35)18(27)8-14/h2-4,7-8,10-11,19,21,33,35H,5-6,9H2,1H3,(H,34,36)/t19-,21-/m0/s1. The molecule has 2 atom stereocenters. The molecule has 4 rings (SSSR count). The number of aryl methyl sites for hydroxylation is 1. The minimum Gasteiger partial charge on any atom is -0.503 e. The predicted octanol–water partition coefficient (Wildman–Crippen LogP) is 5.08. The van der Waals surface area contributed by atoms with Gasteiger partial charge in [0.25, 0.3) is 0 Å². The lowest BCUT2D eigenvalue weighted by Crippen LogP contribution is -2.52. The van der Waals surface area contributed by atoms with Gasteiger partial charge in [0.05, 0.1) is 12.1 Å². The van der Waals surface area contributed by atoms with Crippen LogP contribution in [0.25, 0.3) is 10.6 Å². The van der Waals surface area contributed by atoms with Crippen LogP contribution in [-0.4, -0.2) is 33.8 Å². The Bertz CT molecular complexity index is 1340. The van der Waals surface area contributed by atoms with Crippen LogP contribution in [0.2, 0.25) is 0 Å². The number of aromatic nitrogens is 1. The summed E-state index contributed by atoms with van der Waals surface area (Å²) in [6.07, 6.45) is -4.72. The van der Waals surface area contributed by atoms with Crippen LogP contribution in [0.1, 0.15) is 35.7 Å². The van der Waals surface area contributed by atoms with E-state index in [1.165, 1.54) is 29.5 Å². The van der Waals surface area contributed by atoms with Gasteiger partial charge in [-0.1, -0.05) is 18.2 Å². The van der Waals surface area contributed by atoms with Gasteiger partial charge < -0.3 is 10.4 Å². The molecule has 3 aromatic rings. The minimum atomic E-state index is -4.85. The van der Waals surface area contributed by atoms with Crippen molar-refractivity contribution in [3.05, 3.63) is 70.2 Å². The average molecular weight is 537 g/mol. The molecular formula is C25H21F5N4O2S. The van der Waals surface area contributed by atoms with Gasteiger partial charge in [0.15, 0.2) is 17.4 Å². The fourth-order valence-corrected chi connectivity index (χ4v) is 4.62. The number of aromatic hydroxyl groups is 1. The lowest BCUT2D eigenvalue weighted by molar-refractivity contribution is -0.160. The lowest BCUT2D eigenvalue weighted by Gasteiger charge is -2.28. The number of hydrogen-bond acceptors (Lipinski definition) is 6. The fraction of sp³-hybridized carbons (Fsp3) is 0.320. The van der Waals surface area contributed by atoms with E-state index in [-0.39, 0.29) is 11.1 Å². The number of phenolic OH excluding ortho intramolecular Hbond substituents is 1. The van der Waals surface area contributed by atoms with E-state index < -0.39 is 53.5 Å². The summed E-state index contributed by atoms with van der Waals surface area (Å²) in [5, 5.41) is 25.7. The van der Waals surface area contributed by atoms with Gasteiger partial charge in [-0.2, -0.15) is 18.4 Å². The second-order valence-corrected chi connectivity index (χ2v) is 9.77. The topological polar surface area (TPSA) is 98.0 Å². The number of nitrogens with zero attached hydrogens (tertiary/aromatic N) is 2. The first kappa shape index (κ1) is 26.5. The molecule has 1 saturated carbocycles. The van der Waals surface area contributed by atoms with E-state index in [9.17, 15) is 37.1 Å². The zero-order valence-corrected chi connectivity index (χ0v) is 20.2. The summed E-state index contributed by atoms with van der Waals surface area (Å²) in [5.74, 6) is -4.79. The van der Waals surface area contributed by atoms with Crippen molar-refractivity contribution in [3.8, 4) is 22.4 Å². The average Bonchev–Trinajstić information content (AvgIpc) is 3.48. The van der Waals surface area contributed by atoms with Gasteiger partial charge in [-0.25, -0.2) is 13.8 Å². The smallest absolute Gasteiger partial charge is 0.407 e. The number of phenols is 1. The van der Waals surface area contributed by atoms with Crippen LogP contribution in [0.5, 0.6) is 5.75 Å². The first-order valence-corrected chi connectivity index (χ1v) is 12.0. The highest BCUT2D eigenvalue weighted by atomic mass is 32.1. The SMILES string of the molecule is Cc1csc(-c2cccc([C@H](N[C@@H](Cc3cc(F)c(O)c(F)c3)C(=O)NC3(C#N)CC3)C(F)(F)F)c2)n1. The molecule has 1 aliphatic carbocycles. The summed E-state index contributed by atoms with van der Waals surface area (Å²) in [4.78, 5) is 17.3. The highest BCUT2D eigenvalue weighted by molar-refractivity contribution is 7.13. The molecule has 0 spiro atoms. The van der Waals surface area contributed by atoms with E-state index in [4.69, 9.17) is 0 Å². The normalized spacial score (nSPS) is 16.0. The predicted molar refractivity (Wildman–Crippen MR) is 125 cm³/mol. The number of amides is 1. The fourth-order valence-electron chi connectivity index (χ4n) is 3.83. The molecule has 0 unspecified atom stereocenters. The number of thiazole rings is 1. The largest absolute Gasteiger partial charge is 0.503 e. The number of benzene rings is 2. The molecular weight excluding hydrogens is 515 g/mol. The van der Waals surface area contributed by atoms with Crippen molar-refractivity contribution < 1.29 is 31.9 Å². The molecule has 0 bridgehead atoms. The molecule has 12 heteroatoms. The third kappa shape index (κ3) is 6.06. The van der Waals surface area contributed by atoms with Crippen LogP contribution in [-0.2, 0) is 11.2 Å². The summed E-state index contributed by atoms with van der Waals surface area (Å²) >= 11 is 1.27. The Labute approximate surface area is 212 Å². The third-order valence-electron chi connectivity index (χ3n) is 5.94. The number of halogens is 5. The van der Waals surface area contributed by atoms with E-state index >= 15 is 0 Å². The van der Waals surface area contributed by atoms with Crippen LogP contribution >= 0.6 is 11.3 Å². The molecule has 2 aromatic carbocycles. The second-order valence-electron chi connectivity index (χ2n) is 8.91. The lowest BCUT2D eigenvalue weighted by atomic mass is 9.99. The number of nitriles is 1. The molecule has 1 aliphatic rings. The summed E-state index contributed by atoms with van der Waals surface area (Å²) in [6, 6.07) is 5.09. The number of alkyl halides is 3. The van der Waals surface area contributed by atoms with Gasteiger partial charge in [0.1, 0.15) is 16.6 Å². The van der Waals surface area contributed by atoms with Gasteiger partial charge in [-0.15, -0.1) is 11.3 Å². The van der Waals surface area contributed by atoms with Crippen molar-refractivity contribution in [1.82, 2.24) is 15.6 Å². The Kier molecular flexibility index (Phi) is 7.21. The Morgan fingerprint density at radius 2 is 1.92 bits per heavy atom. The third-order valence-corrected chi connectivity index (χ3v) is 6.95. The molecule has 1 fully saturated rings. The van der Waals surface area contributed by atoms with E-state index in [1.807, 2.05) is 6.07 Å². The molecule has 0 radical (unpaired) electrons. The Morgan fingerprint density at radius 1 is 1.24 bits per heavy atom. The maximum absolute atomic E-state index is 14.3. The van der Waals surface area contributed by atoms with E-state index in [0.29, 0.717) is 29.1 Å². The van der Waals surface area contributed by atoms with Gasteiger partial charge in [0.2, 0.25) is 5.91 Å². The quantitative estimate of drug-likeness (QED) is 0.349. The number of hydrogen-bond donors (Lipinski definition) is 3. The van der Waals surface area contributed by atoms with E-state index in [1.54, 1.807) is 18.4 Å². The van der Waals surface area contributed by atoms with Crippen LogP contribution in [0.15, 0.2) is 41.8 Å². The molecule has 0 saturated heterocycles. The number of carbonyl (C=O) groups is 1. The van der Waals surface area contributed by atoms with E-state index in [2.05, 4.69) is 15.6 Å². The number of rotatable bonds is 8. The Balaban J connectivity index is 1.68. The highest BCUT2D eigenvalue weighted by Crippen LogP contribution is 2.37. The van der Waals surface area contributed by atoms with Crippen molar-refractivity contribution >= 4 is 17.2 Å². The van der Waals surface area contributed by atoms with Crippen molar-refractivity contribution in [2.75, 3.05) is 0 Å². The maximum Gasteiger partial charge on any atom is 0.407 e. The molecule has 37 heavy (non-hydrogen) atoms. The van der Waals surface area contributed by atoms with Gasteiger partial charge in [-0.05, 0) is 55.5 Å². The molecule has 194 valence electrons. The first-order chi connectivity index (χ1) is 17.4. The van der Waals surface area contributed by atoms with Crippen molar-refractivity contribution in [1.29, 1.82) is 5.26 Å². The summed E-state index contributed by atoms with van der Waals surface area (Å²) in [6.45, 7) is 1.76. The van der Waals surface area contributed by atoms with Crippen molar-refractivity contribution in [2.24, 2.45) is 0 Å². The Morgan fingerprint density at radius 3 is 2.46 bits per heavy atom. The highest BCUT2D eigenvalue weighted by Gasteiger charge is 2.47. The van der Waals surface area contributed by atoms with Crippen molar-refractivity contribution in [2.45, 2.75) is 50.0 Å². The van der Waals surface area contributed by atoms with Crippen LogP contribution in [0.4, 0.5) is 22.0 Å². The molecule has 3 N–H and O–H groups in total. The summed E-state index contributed by atoms with van der Waals surface area (Å²) in [7, 11) is 0. The molecule has 1 amide bonds. The zero-order valence-electron chi connectivity index (χ0n) is 19.4. The second kappa shape index (κ2) is 10.1. The maximum atomic E-state index is 14.3. The summed E-state index contributed by atoms with van der Waals surface area (Å²) in [5.41, 5.74) is -0.363. The van der Waals surface area contributed by atoms with Crippen LogP contribution < -0.4 is 10.6 Å². The number of carbonyl (C=O) groups excluding carboxylic acids is 1. The monoisotopic (exact) mass is 536 g/mol. The van der Waals surface area contributed by atoms with Gasteiger partial charge in [-0.3, -0.25) is 10.1 Å². The van der Waals surface area contributed by atoms with Crippen LogP contribution in [0, 0.1) is 29.9 Å². The summed E-state index contributed by atoms with van der Waals surface area (Å²) < 4.78 is 70.7. The zero-order chi connectivity index (χ0) is 27.0. The Hall–Kier alpha value is -3.56. The van der Waals surface area contributed by atoms with Gasteiger partial charge >= 0.3 is 6.18 Å².